The summed E-state index contributed by atoms with van der Waals surface area (Å²) in [7, 11) is 0. The van der Waals surface area contributed by atoms with E-state index >= 15 is 0 Å². The lowest BCUT2D eigenvalue weighted by molar-refractivity contribution is -0.143. The zero-order chi connectivity index (χ0) is 7.72. The van der Waals surface area contributed by atoms with E-state index < -0.39 is 6.29 Å². The summed E-state index contributed by atoms with van der Waals surface area (Å²) in [4.78, 5) is 10.9. The van der Waals surface area contributed by atoms with Crippen LogP contribution in [0.25, 0.3) is 0 Å². The van der Waals surface area contributed by atoms with Crippen LogP contribution in [0.2, 0.25) is 0 Å². The van der Waals surface area contributed by atoms with Crippen LogP contribution in [0.15, 0.2) is 0 Å². The molecule has 1 N–H and O–H groups in total. The fraction of sp³-hybridized carbons (Fsp3) is 0.857. The molecular weight excluding hydrogens is 132 g/mol. The summed E-state index contributed by atoms with van der Waals surface area (Å²) in [6.45, 7) is 3.72. The molecule has 0 aromatic heterocycles. The van der Waals surface area contributed by atoms with E-state index in [1.807, 2.05) is 6.92 Å². The number of carbonyl (C=O) groups excluding carboxylic acids is 1. The van der Waals surface area contributed by atoms with Gasteiger partial charge in [0.1, 0.15) is 0 Å². The lowest BCUT2D eigenvalue weighted by Crippen LogP contribution is -2.17. The average Bonchev–Trinajstić information content (AvgIpc) is 2.17. The zero-order valence-corrected chi connectivity index (χ0v) is 6.20. The van der Waals surface area contributed by atoms with Gasteiger partial charge >= 0.3 is 0 Å². The van der Waals surface area contributed by atoms with Crippen LogP contribution >= 0.6 is 0 Å². The van der Waals surface area contributed by atoms with Crippen molar-refractivity contribution in [1.82, 2.24) is 0 Å². The standard InChI is InChI=1S/C7H12O3/c1-3-5-4(2)6(8)7(9)10-5/h4-5,7,9H,3H2,1-2H3/t4-,5-,7?/m1/s1. The Morgan fingerprint density at radius 3 is 2.50 bits per heavy atom. The molecule has 0 aromatic rings. The molecule has 1 unspecified atom stereocenters. The number of ether oxygens (including phenoxy) is 1. The highest BCUT2D eigenvalue weighted by Crippen LogP contribution is 2.23. The van der Waals surface area contributed by atoms with Gasteiger partial charge < -0.3 is 9.84 Å². The van der Waals surface area contributed by atoms with Crippen molar-refractivity contribution in [2.24, 2.45) is 5.92 Å². The second-order valence-corrected chi connectivity index (χ2v) is 2.63. The first-order valence-electron chi connectivity index (χ1n) is 3.54. The number of Topliss-reactive ketones (excluding diaryl/α,β-unsaturated/α-hetero) is 1. The maximum Gasteiger partial charge on any atom is 0.215 e. The van der Waals surface area contributed by atoms with Gasteiger partial charge in [-0.1, -0.05) is 13.8 Å². The predicted octanol–water partition coefficient (Wildman–Crippen LogP) is 0.319. The summed E-state index contributed by atoms with van der Waals surface area (Å²) in [6, 6.07) is 0. The van der Waals surface area contributed by atoms with Crippen molar-refractivity contribution < 1.29 is 14.6 Å². The van der Waals surface area contributed by atoms with Gasteiger partial charge in [-0.05, 0) is 6.42 Å². The Hall–Kier alpha value is -0.410. The van der Waals surface area contributed by atoms with Crippen LogP contribution in [0.3, 0.4) is 0 Å². The molecule has 3 atom stereocenters. The monoisotopic (exact) mass is 144 g/mol. The van der Waals surface area contributed by atoms with Gasteiger partial charge in [-0.3, -0.25) is 4.79 Å². The van der Waals surface area contributed by atoms with Crippen LogP contribution < -0.4 is 0 Å². The first-order valence-corrected chi connectivity index (χ1v) is 3.54. The first kappa shape index (κ1) is 7.69. The Labute approximate surface area is 60.0 Å². The Bertz CT molecular complexity index is 144. The summed E-state index contributed by atoms with van der Waals surface area (Å²) in [5, 5.41) is 8.90. The summed E-state index contributed by atoms with van der Waals surface area (Å²) < 4.78 is 4.94. The van der Waals surface area contributed by atoms with Crippen LogP contribution in [0.5, 0.6) is 0 Å². The molecule has 0 amide bonds. The topological polar surface area (TPSA) is 46.5 Å². The van der Waals surface area contributed by atoms with Crippen molar-refractivity contribution in [2.45, 2.75) is 32.7 Å². The molecule has 0 saturated carbocycles. The number of hydrogen-bond donors (Lipinski definition) is 1. The van der Waals surface area contributed by atoms with Gasteiger partial charge in [-0.15, -0.1) is 0 Å². The minimum absolute atomic E-state index is 0.0810. The average molecular weight is 144 g/mol. The summed E-state index contributed by atoms with van der Waals surface area (Å²) in [5.41, 5.74) is 0. The summed E-state index contributed by atoms with van der Waals surface area (Å²) >= 11 is 0. The quantitative estimate of drug-likeness (QED) is 0.576. The van der Waals surface area contributed by atoms with Crippen molar-refractivity contribution in [3.63, 3.8) is 0 Å². The van der Waals surface area contributed by atoms with E-state index in [-0.39, 0.29) is 17.8 Å². The van der Waals surface area contributed by atoms with E-state index in [9.17, 15) is 4.79 Å². The number of aliphatic hydroxyl groups excluding tert-OH is 1. The number of rotatable bonds is 1. The third-order valence-electron chi connectivity index (χ3n) is 1.96. The molecule has 0 aliphatic carbocycles. The van der Waals surface area contributed by atoms with E-state index in [0.717, 1.165) is 6.42 Å². The van der Waals surface area contributed by atoms with Crippen LogP contribution in [-0.4, -0.2) is 23.3 Å². The molecule has 3 heteroatoms. The molecule has 0 bridgehead atoms. The number of aliphatic hydroxyl groups is 1. The largest absolute Gasteiger partial charge is 0.362 e. The highest BCUT2D eigenvalue weighted by Gasteiger charge is 2.37. The zero-order valence-electron chi connectivity index (χ0n) is 6.20. The summed E-state index contributed by atoms with van der Waals surface area (Å²) in [5.74, 6) is -0.327. The minimum atomic E-state index is -1.17. The molecule has 1 fully saturated rings. The normalized spacial score (nSPS) is 40.7. The highest BCUT2D eigenvalue weighted by molar-refractivity contribution is 5.85. The lowest BCUT2D eigenvalue weighted by Gasteiger charge is -2.08. The van der Waals surface area contributed by atoms with Crippen molar-refractivity contribution >= 4 is 5.78 Å². The third-order valence-corrected chi connectivity index (χ3v) is 1.96. The summed E-state index contributed by atoms with van der Waals surface area (Å²) in [6.07, 6.45) is -0.466. The second kappa shape index (κ2) is 2.68. The molecule has 58 valence electrons. The van der Waals surface area contributed by atoms with E-state index in [1.54, 1.807) is 6.92 Å². The molecule has 0 aromatic carbocycles. The molecule has 1 rings (SSSR count). The Balaban J connectivity index is 2.61. The van der Waals surface area contributed by atoms with Crippen LogP contribution in [0, 0.1) is 5.92 Å². The van der Waals surface area contributed by atoms with E-state index in [4.69, 9.17) is 9.84 Å². The van der Waals surface area contributed by atoms with Gasteiger partial charge in [0.25, 0.3) is 0 Å². The maximum absolute atomic E-state index is 10.9. The second-order valence-electron chi connectivity index (χ2n) is 2.63. The fourth-order valence-corrected chi connectivity index (χ4v) is 1.21. The SMILES string of the molecule is CC[C@H]1OC(O)C(=O)[C@@H]1C. The Morgan fingerprint density at radius 1 is 1.70 bits per heavy atom. The highest BCUT2D eigenvalue weighted by atomic mass is 16.6. The molecule has 1 heterocycles. The van der Waals surface area contributed by atoms with Gasteiger partial charge in [-0.25, -0.2) is 0 Å². The van der Waals surface area contributed by atoms with Crippen molar-refractivity contribution in [3.05, 3.63) is 0 Å². The van der Waals surface area contributed by atoms with Crippen molar-refractivity contribution in [3.8, 4) is 0 Å². The smallest absolute Gasteiger partial charge is 0.215 e. The first-order chi connectivity index (χ1) is 4.66. The van der Waals surface area contributed by atoms with Crippen LogP contribution in [0.4, 0.5) is 0 Å². The van der Waals surface area contributed by atoms with Gasteiger partial charge in [-0.2, -0.15) is 0 Å². The van der Waals surface area contributed by atoms with Gasteiger partial charge in [0.2, 0.25) is 6.29 Å². The van der Waals surface area contributed by atoms with Gasteiger partial charge in [0.15, 0.2) is 5.78 Å². The minimum Gasteiger partial charge on any atom is -0.362 e. The van der Waals surface area contributed by atoms with E-state index in [2.05, 4.69) is 0 Å². The Kier molecular flexibility index (Phi) is 2.06. The van der Waals surface area contributed by atoms with Crippen molar-refractivity contribution in [2.75, 3.05) is 0 Å². The van der Waals surface area contributed by atoms with E-state index in [1.165, 1.54) is 0 Å². The number of ketones is 1. The van der Waals surface area contributed by atoms with Crippen LogP contribution in [0.1, 0.15) is 20.3 Å². The number of hydrogen-bond acceptors (Lipinski definition) is 3. The Morgan fingerprint density at radius 2 is 2.30 bits per heavy atom. The van der Waals surface area contributed by atoms with Gasteiger partial charge in [0.05, 0.1) is 6.10 Å². The van der Waals surface area contributed by atoms with Crippen molar-refractivity contribution in [1.29, 1.82) is 0 Å². The van der Waals surface area contributed by atoms with Gasteiger partial charge in [0, 0.05) is 5.92 Å². The lowest BCUT2D eigenvalue weighted by atomic mass is 10.0. The third kappa shape index (κ3) is 1.07. The molecule has 1 saturated heterocycles. The molecule has 1 aliphatic rings. The molecule has 1 aliphatic heterocycles. The molecular formula is C7H12O3. The maximum atomic E-state index is 10.9. The predicted molar refractivity (Wildman–Crippen MR) is 35.3 cm³/mol. The van der Waals surface area contributed by atoms with E-state index in [0.29, 0.717) is 0 Å². The molecule has 0 spiro atoms. The molecule has 10 heavy (non-hydrogen) atoms. The molecule has 0 radical (unpaired) electrons. The molecule has 3 nitrogen and oxygen atoms in total. The van der Waals surface area contributed by atoms with Crippen LogP contribution in [-0.2, 0) is 9.53 Å². The number of carbonyl (C=O) groups is 1. The fourth-order valence-electron chi connectivity index (χ4n) is 1.21.